The maximum atomic E-state index is 11.6. The predicted octanol–water partition coefficient (Wildman–Crippen LogP) is 0.628. The SMILES string of the molecule is COC(=O)C1(C(=O)OC)CC=C(C(C)=O)C1. The Balaban J connectivity index is 3.00. The van der Waals surface area contributed by atoms with E-state index in [4.69, 9.17) is 0 Å². The summed E-state index contributed by atoms with van der Waals surface area (Å²) < 4.78 is 9.21. The second-order valence-electron chi connectivity index (χ2n) is 3.73. The molecule has 0 saturated carbocycles. The molecule has 0 aromatic rings. The quantitative estimate of drug-likeness (QED) is 0.521. The summed E-state index contributed by atoms with van der Waals surface area (Å²) in [5.41, 5.74) is -0.902. The fourth-order valence-corrected chi connectivity index (χ4v) is 1.82. The van der Waals surface area contributed by atoms with Crippen LogP contribution in [-0.2, 0) is 23.9 Å². The number of carbonyl (C=O) groups excluding carboxylic acids is 3. The van der Waals surface area contributed by atoms with Crippen molar-refractivity contribution in [2.75, 3.05) is 14.2 Å². The van der Waals surface area contributed by atoms with Crippen molar-refractivity contribution in [3.05, 3.63) is 11.6 Å². The van der Waals surface area contributed by atoms with Gasteiger partial charge >= 0.3 is 11.9 Å². The third kappa shape index (κ3) is 1.85. The lowest BCUT2D eigenvalue weighted by Crippen LogP contribution is -2.39. The molecule has 0 aromatic heterocycles. The minimum Gasteiger partial charge on any atom is -0.468 e. The molecule has 0 unspecified atom stereocenters. The molecule has 1 aliphatic rings. The highest BCUT2D eigenvalue weighted by Gasteiger charge is 2.51. The molecular formula is C11H14O5. The number of methoxy groups -OCH3 is 2. The summed E-state index contributed by atoms with van der Waals surface area (Å²) >= 11 is 0. The van der Waals surface area contributed by atoms with E-state index < -0.39 is 17.4 Å². The molecule has 0 atom stereocenters. The molecule has 0 amide bonds. The molecule has 0 radical (unpaired) electrons. The summed E-state index contributed by atoms with van der Waals surface area (Å²) in [6.45, 7) is 1.40. The Morgan fingerprint density at radius 1 is 1.19 bits per heavy atom. The largest absolute Gasteiger partial charge is 0.468 e. The standard InChI is InChI=1S/C11H14O5/c1-7(12)8-4-5-11(6-8,9(13)15-2)10(14)16-3/h4H,5-6H2,1-3H3. The van der Waals surface area contributed by atoms with Crippen molar-refractivity contribution >= 4 is 17.7 Å². The molecule has 0 aliphatic heterocycles. The van der Waals surface area contributed by atoms with Crippen LogP contribution in [0.4, 0.5) is 0 Å². The van der Waals surface area contributed by atoms with E-state index in [1.165, 1.54) is 21.1 Å². The minimum absolute atomic E-state index is 0.0572. The van der Waals surface area contributed by atoms with E-state index in [0.717, 1.165) is 0 Å². The van der Waals surface area contributed by atoms with Crippen LogP contribution in [0.15, 0.2) is 11.6 Å². The molecular weight excluding hydrogens is 212 g/mol. The molecule has 0 saturated heterocycles. The van der Waals surface area contributed by atoms with Gasteiger partial charge in [0.1, 0.15) is 0 Å². The Labute approximate surface area is 93.4 Å². The Morgan fingerprint density at radius 3 is 2.00 bits per heavy atom. The highest BCUT2D eigenvalue weighted by atomic mass is 16.5. The van der Waals surface area contributed by atoms with Crippen molar-refractivity contribution in [2.24, 2.45) is 5.41 Å². The van der Waals surface area contributed by atoms with E-state index in [1.807, 2.05) is 0 Å². The zero-order valence-corrected chi connectivity index (χ0v) is 9.53. The van der Waals surface area contributed by atoms with Gasteiger partial charge in [-0.1, -0.05) is 6.08 Å². The molecule has 16 heavy (non-hydrogen) atoms. The van der Waals surface area contributed by atoms with Crippen LogP contribution in [0.2, 0.25) is 0 Å². The van der Waals surface area contributed by atoms with Crippen molar-refractivity contribution in [1.82, 2.24) is 0 Å². The smallest absolute Gasteiger partial charge is 0.323 e. The van der Waals surface area contributed by atoms with Gasteiger partial charge in [0.2, 0.25) is 0 Å². The fourth-order valence-electron chi connectivity index (χ4n) is 1.82. The van der Waals surface area contributed by atoms with Gasteiger partial charge in [-0.2, -0.15) is 0 Å². The van der Waals surface area contributed by atoms with Gasteiger partial charge < -0.3 is 9.47 Å². The average molecular weight is 226 g/mol. The van der Waals surface area contributed by atoms with Crippen LogP contribution in [-0.4, -0.2) is 31.9 Å². The Bertz CT molecular complexity index is 351. The summed E-state index contributed by atoms with van der Waals surface area (Å²) in [5, 5.41) is 0. The first kappa shape index (κ1) is 12.4. The Hall–Kier alpha value is -1.65. The van der Waals surface area contributed by atoms with Crippen LogP contribution >= 0.6 is 0 Å². The first-order chi connectivity index (χ1) is 7.47. The molecule has 1 rings (SSSR count). The van der Waals surface area contributed by atoms with Gasteiger partial charge in [-0.15, -0.1) is 0 Å². The zero-order valence-electron chi connectivity index (χ0n) is 9.53. The summed E-state index contributed by atoms with van der Waals surface area (Å²) in [7, 11) is 2.41. The number of Topliss-reactive ketones (excluding diaryl/α,β-unsaturated/α-hetero) is 1. The molecule has 0 fully saturated rings. The highest BCUT2D eigenvalue weighted by Crippen LogP contribution is 2.40. The Kier molecular flexibility index (Phi) is 3.47. The molecule has 5 nitrogen and oxygen atoms in total. The van der Waals surface area contributed by atoms with E-state index in [2.05, 4.69) is 9.47 Å². The second kappa shape index (κ2) is 4.47. The number of ether oxygens (including phenoxy) is 2. The molecule has 0 aromatic carbocycles. The van der Waals surface area contributed by atoms with E-state index in [9.17, 15) is 14.4 Å². The maximum Gasteiger partial charge on any atom is 0.323 e. The number of hydrogen-bond donors (Lipinski definition) is 0. The number of hydrogen-bond acceptors (Lipinski definition) is 5. The lowest BCUT2D eigenvalue weighted by atomic mass is 9.84. The highest BCUT2D eigenvalue weighted by molar-refractivity contribution is 6.04. The lowest BCUT2D eigenvalue weighted by Gasteiger charge is -2.22. The fraction of sp³-hybridized carbons (Fsp3) is 0.545. The van der Waals surface area contributed by atoms with Crippen molar-refractivity contribution in [3.63, 3.8) is 0 Å². The summed E-state index contributed by atoms with van der Waals surface area (Å²) in [6.07, 6.45) is 1.80. The van der Waals surface area contributed by atoms with Crippen molar-refractivity contribution in [3.8, 4) is 0 Å². The summed E-state index contributed by atoms with van der Waals surface area (Å²) in [5.74, 6) is -1.46. The van der Waals surface area contributed by atoms with Crippen LogP contribution in [0.1, 0.15) is 19.8 Å². The van der Waals surface area contributed by atoms with Gasteiger partial charge in [0.25, 0.3) is 0 Å². The van der Waals surface area contributed by atoms with Crippen molar-refractivity contribution in [1.29, 1.82) is 0 Å². The van der Waals surface area contributed by atoms with E-state index >= 15 is 0 Å². The van der Waals surface area contributed by atoms with Crippen LogP contribution in [0.5, 0.6) is 0 Å². The van der Waals surface area contributed by atoms with Gasteiger partial charge in [0, 0.05) is 6.42 Å². The first-order valence-corrected chi connectivity index (χ1v) is 4.84. The monoisotopic (exact) mass is 226 g/mol. The van der Waals surface area contributed by atoms with Crippen LogP contribution in [0.3, 0.4) is 0 Å². The zero-order chi connectivity index (χ0) is 12.3. The molecule has 5 heteroatoms. The third-order valence-corrected chi connectivity index (χ3v) is 2.79. The topological polar surface area (TPSA) is 69.7 Å². The third-order valence-electron chi connectivity index (χ3n) is 2.79. The van der Waals surface area contributed by atoms with E-state index in [1.54, 1.807) is 6.08 Å². The van der Waals surface area contributed by atoms with Gasteiger partial charge in [0.15, 0.2) is 11.2 Å². The number of rotatable bonds is 3. The number of esters is 2. The first-order valence-electron chi connectivity index (χ1n) is 4.84. The van der Waals surface area contributed by atoms with Gasteiger partial charge in [-0.25, -0.2) is 0 Å². The molecule has 0 spiro atoms. The van der Waals surface area contributed by atoms with Crippen molar-refractivity contribution in [2.45, 2.75) is 19.8 Å². The maximum absolute atomic E-state index is 11.6. The van der Waals surface area contributed by atoms with E-state index in [0.29, 0.717) is 5.57 Å². The second-order valence-corrected chi connectivity index (χ2v) is 3.73. The number of carbonyl (C=O) groups is 3. The predicted molar refractivity (Wildman–Crippen MR) is 54.5 cm³/mol. The molecule has 0 bridgehead atoms. The van der Waals surface area contributed by atoms with Crippen LogP contribution < -0.4 is 0 Å². The van der Waals surface area contributed by atoms with E-state index in [-0.39, 0.29) is 18.6 Å². The lowest BCUT2D eigenvalue weighted by molar-refractivity contribution is -0.168. The van der Waals surface area contributed by atoms with Gasteiger partial charge in [0.05, 0.1) is 14.2 Å². The minimum atomic E-state index is -1.37. The van der Waals surface area contributed by atoms with Crippen LogP contribution in [0.25, 0.3) is 0 Å². The summed E-state index contributed by atoms with van der Waals surface area (Å²) in [6, 6.07) is 0. The Morgan fingerprint density at radius 2 is 1.69 bits per heavy atom. The summed E-state index contributed by atoms with van der Waals surface area (Å²) in [4.78, 5) is 34.5. The molecule has 0 N–H and O–H groups in total. The molecule has 88 valence electrons. The van der Waals surface area contributed by atoms with Gasteiger partial charge in [-0.05, 0) is 18.9 Å². The molecule has 0 heterocycles. The van der Waals surface area contributed by atoms with Crippen molar-refractivity contribution < 1.29 is 23.9 Å². The number of ketones is 1. The molecule has 1 aliphatic carbocycles. The normalized spacial score (nSPS) is 17.6. The average Bonchev–Trinajstić information content (AvgIpc) is 2.73. The number of allylic oxidation sites excluding steroid dienone is 2. The van der Waals surface area contributed by atoms with Gasteiger partial charge in [-0.3, -0.25) is 14.4 Å². The van der Waals surface area contributed by atoms with Crippen LogP contribution in [0, 0.1) is 5.41 Å².